The summed E-state index contributed by atoms with van der Waals surface area (Å²) in [5.41, 5.74) is 5.81. The quantitative estimate of drug-likeness (QED) is 0.746. The van der Waals surface area contributed by atoms with Crippen molar-refractivity contribution in [3.63, 3.8) is 0 Å². The second kappa shape index (κ2) is 5.79. The lowest BCUT2D eigenvalue weighted by molar-refractivity contribution is 0.102. The molecule has 0 unspecified atom stereocenters. The zero-order valence-corrected chi connectivity index (χ0v) is 10.3. The highest BCUT2D eigenvalue weighted by atomic mass is 19.1. The van der Waals surface area contributed by atoms with Crippen LogP contribution in [0.3, 0.4) is 0 Å². The van der Waals surface area contributed by atoms with Crippen LogP contribution in [0, 0.1) is 5.95 Å². The topological polar surface area (TPSA) is 97.1 Å². The largest absolute Gasteiger partial charge is 0.351 e. The van der Waals surface area contributed by atoms with E-state index in [-0.39, 0.29) is 5.69 Å². The van der Waals surface area contributed by atoms with Crippen LogP contribution >= 0.6 is 0 Å². The molecule has 0 saturated heterocycles. The molecule has 3 amide bonds. The number of hydrogen-bond donors (Lipinski definition) is 3. The number of carbonyl (C=O) groups is 2. The molecule has 1 heterocycles. The molecule has 0 spiro atoms. The van der Waals surface area contributed by atoms with Crippen LogP contribution in [0.2, 0.25) is 0 Å². The van der Waals surface area contributed by atoms with Gasteiger partial charge in [0.1, 0.15) is 5.69 Å². The number of carbonyl (C=O) groups excluding carboxylic acids is 2. The van der Waals surface area contributed by atoms with Crippen molar-refractivity contribution < 1.29 is 14.0 Å². The third-order valence-electron chi connectivity index (χ3n) is 2.34. The van der Waals surface area contributed by atoms with E-state index in [0.717, 1.165) is 6.07 Å². The van der Waals surface area contributed by atoms with Gasteiger partial charge in [0.2, 0.25) is 5.95 Å². The second-order valence-corrected chi connectivity index (χ2v) is 3.87. The number of benzene rings is 1. The van der Waals surface area contributed by atoms with Gasteiger partial charge >= 0.3 is 6.03 Å². The van der Waals surface area contributed by atoms with Gasteiger partial charge in [-0.2, -0.15) is 4.39 Å². The molecule has 0 aliphatic rings. The maximum atomic E-state index is 12.9. The number of rotatable bonds is 3. The molecule has 0 radical (unpaired) electrons. The first-order valence-corrected chi connectivity index (χ1v) is 5.65. The summed E-state index contributed by atoms with van der Waals surface area (Å²) in [7, 11) is 0. The highest BCUT2D eigenvalue weighted by molar-refractivity contribution is 6.03. The Morgan fingerprint density at radius 3 is 2.35 bits per heavy atom. The van der Waals surface area contributed by atoms with E-state index in [2.05, 4.69) is 15.6 Å². The third-order valence-corrected chi connectivity index (χ3v) is 2.34. The molecule has 7 heteroatoms. The highest BCUT2D eigenvalue weighted by Gasteiger charge is 2.09. The standard InChI is InChI=1S/C13H11FN4O2/c14-11-6-2-5-10(18-11)12(19)16-8-3-1-4-9(7-8)17-13(15)20/h1-7H,(H,16,19)(H3,15,17,20). The van der Waals surface area contributed by atoms with Gasteiger partial charge in [0.25, 0.3) is 5.91 Å². The van der Waals surface area contributed by atoms with Gasteiger partial charge in [-0.25, -0.2) is 9.78 Å². The van der Waals surface area contributed by atoms with Crippen molar-refractivity contribution in [2.75, 3.05) is 10.6 Å². The summed E-state index contributed by atoms with van der Waals surface area (Å²) < 4.78 is 12.9. The Morgan fingerprint density at radius 2 is 1.70 bits per heavy atom. The Hall–Kier alpha value is -2.96. The Morgan fingerprint density at radius 1 is 1.05 bits per heavy atom. The lowest BCUT2D eigenvalue weighted by Crippen LogP contribution is -2.19. The fourth-order valence-corrected chi connectivity index (χ4v) is 1.55. The van der Waals surface area contributed by atoms with Crippen LogP contribution in [-0.2, 0) is 0 Å². The maximum Gasteiger partial charge on any atom is 0.316 e. The van der Waals surface area contributed by atoms with E-state index in [9.17, 15) is 14.0 Å². The maximum absolute atomic E-state index is 12.9. The van der Waals surface area contributed by atoms with Gasteiger partial charge in [-0.1, -0.05) is 12.1 Å². The van der Waals surface area contributed by atoms with Gasteiger partial charge in [0.15, 0.2) is 0 Å². The van der Waals surface area contributed by atoms with E-state index < -0.39 is 17.9 Å². The third kappa shape index (κ3) is 3.52. The van der Waals surface area contributed by atoms with Crippen molar-refractivity contribution in [2.45, 2.75) is 0 Å². The van der Waals surface area contributed by atoms with Gasteiger partial charge in [0.05, 0.1) is 0 Å². The number of nitrogens with one attached hydrogen (secondary N) is 2. The Bertz CT molecular complexity index is 660. The number of anilines is 2. The molecule has 0 aliphatic carbocycles. The first-order valence-electron chi connectivity index (χ1n) is 5.65. The molecule has 0 saturated carbocycles. The van der Waals surface area contributed by atoms with E-state index >= 15 is 0 Å². The van der Waals surface area contributed by atoms with Crippen molar-refractivity contribution in [3.8, 4) is 0 Å². The molecule has 1 aromatic heterocycles. The van der Waals surface area contributed by atoms with Crippen molar-refractivity contribution in [1.82, 2.24) is 4.98 Å². The molecule has 1 aromatic carbocycles. The lowest BCUT2D eigenvalue weighted by atomic mass is 10.2. The average molecular weight is 274 g/mol. The summed E-state index contributed by atoms with van der Waals surface area (Å²) in [5.74, 6) is -1.29. The molecule has 20 heavy (non-hydrogen) atoms. The molecule has 6 nitrogen and oxygen atoms in total. The van der Waals surface area contributed by atoms with E-state index in [1.165, 1.54) is 18.2 Å². The van der Waals surface area contributed by atoms with Crippen LogP contribution in [0.25, 0.3) is 0 Å². The van der Waals surface area contributed by atoms with Crippen LogP contribution < -0.4 is 16.4 Å². The Labute approximate surface area is 113 Å². The zero-order chi connectivity index (χ0) is 14.5. The summed E-state index contributed by atoms with van der Waals surface area (Å²) in [5, 5.41) is 4.92. The molecule has 2 rings (SSSR count). The molecule has 2 aromatic rings. The molecule has 0 atom stereocenters. The molecule has 4 N–H and O–H groups in total. The normalized spacial score (nSPS) is 9.85. The van der Waals surface area contributed by atoms with Crippen molar-refractivity contribution >= 4 is 23.3 Å². The van der Waals surface area contributed by atoms with Crippen LogP contribution in [0.15, 0.2) is 42.5 Å². The first kappa shape index (κ1) is 13.5. The number of primary amides is 1. The summed E-state index contributed by atoms with van der Waals surface area (Å²) in [4.78, 5) is 26.1. The number of hydrogen-bond acceptors (Lipinski definition) is 3. The van der Waals surface area contributed by atoms with Crippen molar-refractivity contribution in [3.05, 3.63) is 54.1 Å². The first-order chi connectivity index (χ1) is 9.54. The van der Waals surface area contributed by atoms with Gasteiger partial charge in [-0.15, -0.1) is 0 Å². The number of amides is 3. The number of nitrogens with zero attached hydrogens (tertiary/aromatic N) is 1. The SMILES string of the molecule is NC(=O)Nc1cccc(NC(=O)c2cccc(F)n2)c1. The fourth-order valence-electron chi connectivity index (χ4n) is 1.55. The predicted molar refractivity (Wildman–Crippen MR) is 71.8 cm³/mol. The molecule has 0 fully saturated rings. The van der Waals surface area contributed by atoms with Gasteiger partial charge < -0.3 is 16.4 Å². The summed E-state index contributed by atoms with van der Waals surface area (Å²) in [6.07, 6.45) is 0. The lowest BCUT2D eigenvalue weighted by Gasteiger charge is -2.07. The van der Waals surface area contributed by atoms with E-state index in [1.807, 2.05) is 0 Å². The number of aromatic nitrogens is 1. The van der Waals surface area contributed by atoms with Crippen molar-refractivity contribution in [2.24, 2.45) is 5.73 Å². The van der Waals surface area contributed by atoms with Crippen LogP contribution in [0.1, 0.15) is 10.5 Å². The van der Waals surface area contributed by atoms with Gasteiger partial charge in [-0.3, -0.25) is 4.79 Å². The van der Waals surface area contributed by atoms with E-state index in [4.69, 9.17) is 5.73 Å². The monoisotopic (exact) mass is 274 g/mol. The summed E-state index contributed by atoms with van der Waals surface area (Å²) >= 11 is 0. The minimum atomic E-state index is -0.734. The minimum absolute atomic E-state index is 0.0433. The number of urea groups is 1. The summed E-state index contributed by atoms with van der Waals surface area (Å²) in [6, 6.07) is 9.59. The molecule has 102 valence electrons. The average Bonchev–Trinajstić information content (AvgIpc) is 2.38. The molecular weight excluding hydrogens is 263 g/mol. The molecule has 0 aliphatic heterocycles. The minimum Gasteiger partial charge on any atom is -0.351 e. The van der Waals surface area contributed by atoms with Crippen LogP contribution in [0.5, 0.6) is 0 Å². The van der Waals surface area contributed by atoms with Gasteiger partial charge in [0, 0.05) is 11.4 Å². The smallest absolute Gasteiger partial charge is 0.316 e. The predicted octanol–water partition coefficient (Wildman–Crippen LogP) is 1.96. The van der Waals surface area contributed by atoms with E-state index in [1.54, 1.807) is 18.2 Å². The fraction of sp³-hybridized carbons (Fsp3) is 0. The number of halogens is 1. The van der Waals surface area contributed by atoms with E-state index in [0.29, 0.717) is 11.4 Å². The Kier molecular flexibility index (Phi) is 3.90. The molecular formula is C13H11FN4O2. The van der Waals surface area contributed by atoms with Crippen LogP contribution in [-0.4, -0.2) is 16.9 Å². The highest BCUT2D eigenvalue weighted by Crippen LogP contribution is 2.15. The summed E-state index contributed by atoms with van der Waals surface area (Å²) in [6.45, 7) is 0. The Balaban J connectivity index is 2.13. The van der Waals surface area contributed by atoms with Crippen molar-refractivity contribution in [1.29, 1.82) is 0 Å². The number of nitrogens with two attached hydrogens (primary N) is 1. The van der Waals surface area contributed by atoms with Gasteiger partial charge in [-0.05, 0) is 30.3 Å². The number of pyridine rings is 1. The van der Waals surface area contributed by atoms with Crippen LogP contribution in [0.4, 0.5) is 20.6 Å². The second-order valence-electron chi connectivity index (χ2n) is 3.87. The molecule has 0 bridgehead atoms. The zero-order valence-electron chi connectivity index (χ0n) is 10.3.